The van der Waals surface area contributed by atoms with E-state index in [0.717, 1.165) is 30.6 Å². The van der Waals surface area contributed by atoms with Crippen molar-refractivity contribution in [3.05, 3.63) is 47.3 Å². The molecule has 0 unspecified atom stereocenters. The Balaban J connectivity index is 1.87. The van der Waals surface area contributed by atoms with E-state index in [0.29, 0.717) is 6.54 Å². The second-order valence-electron chi connectivity index (χ2n) is 5.71. The summed E-state index contributed by atoms with van der Waals surface area (Å²) < 4.78 is 30.1. The molecule has 23 heavy (non-hydrogen) atoms. The molecule has 124 valence electrons. The lowest BCUT2D eigenvalue weighted by atomic mass is 10.2. The summed E-state index contributed by atoms with van der Waals surface area (Å²) in [6.07, 6.45) is 3.04. The van der Waals surface area contributed by atoms with E-state index in [2.05, 4.69) is 9.82 Å². The molecule has 3 rings (SSSR count). The summed E-state index contributed by atoms with van der Waals surface area (Å²) in [4.78, 5) is 0. The first-order valence-electron chi connectivity index (χ1n) is 7.89. The van der Waals surface area contributed by atoms with Crippen LogP contribution in [0.1, 0.15) is 30.3 Å². The quantitative estimate of drug-likeness (QED) is 0.873. The van der Waals surface area contributed by atoms with Crippen molar-refractivity contribution < 1.29 is 8.42 Å². The molecule has 6 nitrogen and oxygen atoms in total. The maximum atomic E-state index is 12.1. The van der Waals surface area contributed by atoms with Gasteiger partial charge in [0.05, 0.1) is 17.9 Å². The van der Waals surface area contributed by atoms with Gasteiger partial charge in [-0.2, -0.15) is 22.5 Å². The van der Waals surface area contributed by atoms with Gasteiger partial charge in [-0.1, -0.05) is 25.1 Å². The van der Waals surface area contributed by atoms with E-state index in [1.807, 2.05) is 35.0 Å². The van der Waals surface area contributed by atoms with Crippen molar-refractivity contribution in [1.29, 1.82) is 0 Å². The van der Waals surface area contributed by atoms with Crippen molar-refractivity contribution in [2.75, 3.05) is 13.6 Å². The Morgan fingerprint density at radius 1 is 1.26 bits per heavy atom. The first kappa shape index (κ1) is 16.2. The lowest BCUT2D eigenvalue weighted by Crippen LogP contribution is -2.37. The van der Waals surface area contributed by atoms with E-state index in [1.165, 1.54) is 15.6 Å². The number of benzene rings is 1. The summed E-state index contributed by atoms with van der Waals surface area (Å²) in [5.41, 5.74) is 4.24. The summed E-state index contributed by atoms with van der Waals surface area (Å²) in [7, 11) is -1.88. The molecule has 1 aliphatic rings. The smallest absolute Gasteiger partial charge is 0.237 e. The van der Waals surface area contributed by atoms with Gasteiger partial charge >= 0.3 is 0 Å². The third kappa shape index (κ3) is 3.17. The molecule has 0 saturated carbocycles. The minimum absolute atomic E-state index is 0.231. The molecule has 0 amide bonds. The molecule has 0 saturated heterocycles. The fraction of sp³-hybridized carbons (Fsp3) is 0.438. The van der Waals surface area contributed by atoms with Crippen molar-refractivity contribution in [2.45, 2.75) is 32.7 Å². The summed E-state index contributed by atoms with van der Waals surface area (Å²) >= 11 is 0. The van der Waals surface area contributed by atoms with Crippen LogP contribution in [0.4, 0.5) is 0 Å². The monoisotopic (exact) mass is 334 g/mol. The van der Waals surface area contributed by atoms with Crippen LogP contribution in [0.2, 0.25) is 0 Å². The lowest BCUT2D eigenvalue weighted by molar-refractivity contribution is 0.472. The molecule has 0 bridgehead atoms. The maximum absolute atomic E-state index is 12.1. The van der Waals surface area contributed by atoms with Crippen LogP contribution in [0.15, 0.2) is 30.3 Å². The highest BCUT2D eigenvalue weighted by molar-refractivity contribution is 7.87. The van der Waals surface area contributed by atoms with Crippen molar-refractivity contribution in [3.8, 4) is 5.69 Å². The first-order valence-corrected chi connectivity index (χ1v) is 9.33. The minimum Gasteiger partial charge on any atom is -0.237 e. The molecule has 0 fully saturated rings. The van der Waals surface area contributed by atoms with Crippen molar-refractivity contribution in [2.24, 2.45) is 0 Å². The number of hydrogen-bond donors (Lipinski definition) is 1. The highest BCUT2D eigenvalue weighted by Crippen LogP contribution is 2.27. The third-order valence-corrected chi connectivity index (χ3v) is 5.88. The zero-order valence-electron chi connectivity index (χ0n) is 13.5. The Labute approximate surface area is 137 Å². The van der Waals surface area contributed by atoms with Gasteiger partial charge in [-0.25, -0.2) is 4.68 Å². The van der Waals surface area contributed by atoms with Crippen molar-refractivity contribution >= 4 is 10.2 Å². The Morgan fingerprint density at radius 2 is 2.00 bits per heavy atom. The largest absolute Gasteiger partial charge is 0.279 e. The zero-order chi connectivity index (χ0) is 16.4. The van der Waals surface area contributed by atoms with Gasteiger partial charge in [0.25, 0.3) is 10.2 Å². The SMILES string of the molecule is CCN(C)S(=O)(=O)NCc1nn(-c2ccccc2)c2c1CCC2. The predicted octanol–water partition coefficient (Wildman–Crippen LogP) is 1.65. The molecule has 7 heteroatoms. The molecule has 0 aliphatic heterocycles. The van der Waals surface area contributed by atoms with Gasteiger partial charge in [0.2, 0.25) is 0 Å². The Bertz CT molecular complexity index is 784. The molecule has 0 radical (unpaired) electrons. The summed E-state index contributed by atoms with van der Waals surface area (Å²) in [6.45, 7) is 2.47. The predicted molar refractivity (Wildman–Crippen MR) is 89.7 cm³/mol. The van der Waals surface area contributed by atoms with Gasteiger partial charge in [-0.3, -0.25) is 0 Å². The van der Waals surface area contributed by atoms with Crippen LogP contribution >= 0.6 is 0 Å². The molecule has 1 aliphatic carbocycles. The number of fused-ring (bicyclic) bond motifs is 1. The highest BCUT2D eigenvalue weighted by Gasteiger charge is 2.24. The summed E-state index contributed by atoms with van der Waals surface area (Å²) in [5.74, 6) is 0. The average molecular weight is 334 g/mol. The second-order valence-corrected chi connectivity index (χ2v) is 7.58. The van der Waals surface area contributed by atoms with Crippen LogP contribution in [0.3, 0.4) is 0 Å². The normalized spacial score (nSPS) is 14.4. The van der Waals surface area contributed by atoms with E-state index < -0.39 is 10.2 Å². The molecular formula is C16H22N4O2S. The Hall–Kier alpha value is -1.70. The van der Waals surface area contributed by atoms with Crippen LogP contribution in [0.25, 0.3) is 5.69 Å². The second kappa shape index (κ2) is 6.43. The summed E-state index contributed by atoms with van der Waals surface area (Å²) in [6, 6.07) is 9.98. The Kier molecular flexibility index (Phi) is 4.52. The van der Waals surface area contributed by atoms with Crippen LogP contribution in [0.5, 0.6) is 0 Å². The number of nitrogens with one attached hydrogen (secondary N) is 1. The molecular weight excluding hydrogens is 312 g/mol. The van der Waals surface area contributed by atoms with Gasteiger partial charge in [0, 0.05) is 19.3 Å². The fourth-order valence-electron chi connectivity index (χ4n) is 2.88. The average Bonchev–Trinajstić information content (AvgIpc) is 3.15. The number of rotatable bonds is 6. The molecule has 1 aromatic carbocycles. The van der Waals surface area contributed by atoms with E-state index in [4.69, 9.17) is 0 Å². The molecule has 1 heterocycles. The van der Waals surface area contributed by atoms with Crippen LogP contribution < -0.4 is 4.72 Å². The van der Waals surface area contributed by atoms with E-state index >= 15 is 0 Å². The van der Waals surface area contributed by atoms with E-state index in [1.54, 1.807) is 14.0 Å². The third-order valence-electron chi connectivity index (χ3n) is 4.29. The van der Waals surface area contributed by atoms with E-state index in [9.17, 15) is 8.42 Å². The van der Waals surface area contributed by atoms with E-state index in [-0.39, 0.29) is 6.54 Å². The van der Waals surface area contributed by atoms with Crippen LogP contribution in [-0.4, -0.2) is 36.1 Å². The summed E-state index contributed by atoms with van der Waals surface area (Å²) in [5, 5.41) is 4.66. The van der Waals surface area contributed by atoms with Crippen molar-refractivity contribution in [1.82, 2.24) is 18.8 Å². The van der Waals surface area contributed by atoms with Crippen LogP contribution in [0, 0.1) is 0 Å². The van der Waals surface area contributed by atoms with Crippen molar-refractivity contribution in [3.63, 3.8) is 0 Å². The lowest BCUT2D eigenvalue weighted by Gasteiger charge is -2.15. The Morgan fingerprint density at radius 3 is 2.70 bits per heavy atom. The molecule has 0 spiro atoms. The minimum atomic E-state index is -3.45. The zero-order valence-corrected chi connectivity index (χ0v) is 14.3. The molecule has 1 aromatic heterocycles. The number of para-hydroxylation sites is 1. The van der Waals surface area contributed by atoms with Gasteiger partial charge in [0.15, 0.2) is 0 Å². The van der Waals surface area contributed by atoms with Gasteiger partial charge in [-0.05, 0) is 37.0 Å². The van der Waals surface area contributed by atoms with Gasteiger partial charge in [-0.15, -0.1) is 0 Å². The standard InChI is InChI=1S/C16H22N4O2S/c1-3-19(2)23(21,22)17-12-15-14-10-7-11-16(14)20(18-15)13-8-5-4-6-9-13/h4-6,8-9,17H,3,7,10-12H2,1-2H3. The molecule has 1 N–H and O–H groups in total. The van der Waals surface area contributed by atoms with Gasteiger partial charge < -0.3 is 0 Å². The molecule has 0 atom stereocenters. The number of hydrogen-bond acceptors (Lipinski definition) is 3. The maximum Gasteiger partial charge on any atom is 0.279 e. The van der Waals surface area contributed by atoms with Crippen LogP contribution in [-0.2, 0) is 29.6 Å². The number of nitrogens with zero attached hydrogens (tertiary/aromatic N) is 3. The topological polar surface area (TPSA) is 67.2 Å². The number of aromatic nitrogens is 2. The first-order chi connectivity index (χ1) is 11.0. The fourth-order valence-corrected chi connectivity index (χ4v) is 3.76. The molecule has 2 aromatic rings. The van der Waals surface area contributed by atoms with Gasteiger partial charge in [0.1, 0.15) is 0 Å². The highest BCUT2D eigenvalue weighted by atomic mass is 32.2.